The van der Waals surface area contributed by atoms with E-state index in [1.807, 2.05) is 0 Å². The van der Waals surface area contributed by atoms with E-state index in [0.29, 0.717) is 11.4 Å². The van der Waals surface area contributed by atoms with E-state index >= 15 is 0 Å². The number of aliphatic imine (C=N–C) groups is 1. The van der Waals surface area contributed by atoms with Crippen molar-refractivity contribution < 1.29 is 13.2 Å². The van der Waals surface area contributed by atoms with Gasteiger partial charge in [0.25, 0.3) is 0 Å². The number of rotatable bonds is 1. The first-order chi connectivity index (χ1) is 6.86. The first-order valence-electron chi connectivity index (χ1n) is 4.30. The average molecular weight is 216 g/mol. The summed E-state index contributed by atoms with van der Waals surface area (Å²) in [4.78, 5) is 4.90. The van der Waals surface area contributed by atoms with Crippen LogP contribution >= 0.6 is 0 Å². The summed E-state index contributed by atoms with van der Waals surface area (Å²) in [5.74, 6) is 0. The second kappa shape index (κ2) is 3.92. The molecule has 2 nitrogen and oxygen atoms in total. The zero-order valence-corrected chi connectivity index (χ0v) is 8.47. The Labute approximate surface area is 86.1 Å². The third-order valence-corrected chi connectivity index (χ3v) is 1.91. The number of hydrogen-bond donors (Lipinski definition) is 0. The van der Waals surface area contributed by atoms with Crippen LogP contribution in [0.3, 0.4) is 0 Å². The van der Waals surface area contributed by atoms with Crippen molar-refractivity contribution in [1.29, 1.82) is 0 Å². The van der Waals surface area contributed by atoms with E-state index in [2.05, 4.69) is 11.6 Å². The maximum atomic E-state index is 12.4. The molecule has 0 unspecified atom stereocenters. The minimum Gasteiger partial charge on any atom is -0.310 e. The van der Waals surface area contributed by atoms with Crippen LogP contribution in [0.5, 0.6) is 0 Å². The Morgan fingerprint density at radius 2 is 2.13 bits per heavy atom. The zero-order chi connectivity index (χ0) is 11.6. The molecule has 0 amide bonds. The standard InChI is InChI=1S/C10H11F3N2/c1-4-9-5-14-7(2)6-15(9)8(3)10(11,12)13/h4-6H,3H2,1-2H3/b9-4-. The highest BCUT2D eigenvalue weighted by Crippen LogP contribution is 2.31. The largest absolute Gasteiger partial charge is 0.431 e. The molecule has 0 aromatic rings. The van der Waals surface area contributed by atoms with Gasteiger partial charge in [0.05, 0.1) is 17.6 Å². The maximum Gasteiger partial charge on any atom is 0.431 e. The molecule has 0 fully saturated rings. The van der Waals surface area contributed by atoms with Gasteiger partial charge >= 0.3 is 6.18 Å². The fourth-order valence-electron chi connectivity index (χ4n) is 1.11. The van der Waals surface area contributed by atoms with Crippen molar-refractivity contribution in [3.8, 4) is 0 Å². The van der Waals surface area contributed by atoms with Gasteiger partial charge in [-0.05, 0) is 13.8 Å². The van der Waals surface area contributed by atoms with Gasteiger partial charge in [-0.3, -0.25) is 4.99 Å². The summed E-state index contributed by atoms with van der Waals surface area (Å²) in [6.07, 6.45) is -0.197. The van der Waals surface area contributed by atoms with Crippen LogP contribution in [-0.4, -0.2) is 17.3 Å². The minimum absolute atomic E-state index is 0.364. The van der Waals surface area contributed by atoms with E-state index in [4.69, 9.17) is 0 Å². The highest BCUT2D eigenvalue weighted by atomic mass is 19.4. The fourth-order valence-corrected chi connectivity index (χ4v) is 1.11. The second-order valence-corrected chi connectivity index (χ2v) is 3.06. The Balaban J connectivity index is 3.04. The Morgan fingerprint density at radius 1 is 1.53 bits per heavy atom. The molecule has 0 aliphatic carbocycles. The summed E-state index contributed by atoms with van der Waals surface area (Å²) in [5.41, 5.74) is -0.0463. The smallest absolute Gasteiger partial charge is 0.310 e. The first-order valence-corrected chi connectivity index (χ1v) is 4.30. The van der Waals surface area contributed by atoms with Crippen molar-refractivity contribution in [1.82, 2.24) is 4.90 Å². The van der Waals surface area contributed by atoms with Gasteiger partial charge < -0.3 is 4.90 Å². The fraction of sp³-hybridized carbons (Fsp3) is 0.300. The van der Waals surface area contributed by atoms with Crippen LogP contribution in [0.25, 0.3) is 0 Å². The molecule has 0 aromatic heterocycles. The van der Waals surface area contributed by atoms with Crippen molar-refractivity contribution in [2.24, 2.45) is 4.99 Å². The predicted octanol–water partition coefficient (Wildman–Crippen LogP) is 3.21. The quantitative estimate of drug-likeness (QED) is 0.657. The molecule has 1 heterocycles. The molecular formula is C10H11F3N2. The van der Waals surface area contributed by atoms with Gasteiger partial charge in [-0.15, -0.1) is 0 Å². The number of hydrogen-bond acceptors (Lipinski definition) is 2. The summed E-state index contributed by atoms with van der Waals surface area (Å²) in [5, 5.41) is 0. The number of halogens is 3. The van der Waals surface area contributed by atoms with Crippen LogP contribution in [0.15, 0.2) is 40.9 Å². The van der Waals surface area contributed by atoms with Gasteiger partial charge in [0.1, 0.15) is 5.70 Å². The molecule has 5 heteroatoms. The van der Waals surface area contributed by atoms with Crippen LogP contribution in [0.4, 0.5) is 13.2 Å². The van der Waals surface area contributed by atoms with E-state index in [9.17, 15) is 13.2 Å². The Kier molecular flexibility index (Phi) is 3.02. The summed E-state index contributed by atoms with van der Waals surface area (Å²) < 4.78 is 37.3. The van der Waals surface area contributed by atoms with Crippen LogP contribution in [0, 0.1) is 0 Å². The predicted molar refractivity (Wildman–Crippen MR) is 53.0 cm³/mol. The molecule has 1 aliphatic heterocycles. The topological polar surface area (TPSA) is 15.6 Å². The molecule has 0 radical (unpaired) electrons. The van der Waals surface area contributed by atoms with E-state index < -0.39 is 11.9 Å². The Hall–Kier alpha value is -1.52. The number of nitrogens with zero attached hydrogens (tertiary/aromatic N) is 2. The Morgan fingerprint density at radius 3 is 2.60 bits per heavy atom. The van der Waals surface area contributed by atoms with Gasteiger partial charge in [-0.25, -0.2) is 0 Å². The molecule has 1 rings (SSSR count). The molecular weight excluding hydrogens is 205 g/mol. The van der Waals surface area contributed by atoms with Crippen molar-refractivity contribution in [2.45, 2.75) is 20.0 Å². The average Bonchev–Trinajstić information content (AvgIpc) is 2.15. The van der Waals surface area contributed by atoms with Crippen molar-refractivity contribution in [3.63, 3.8) is 0 Å². The summed E-state index contributed by atoms with van der Waals surface area (Å²) in [6, 6.07) is 0. The second-order valence-electron chi connectivity index (χ2n) is 3.06. The van der Waals surface area contributed by atoms with Crippen LogP contribution in [-0.2, 0) is 0 Å². The normalized spacial score (nSPS) is 19.4. The van der Waals surface area contributed by atoms with Crippen LogP contribution in [0.1, 0.15) is 13.8 Å². The van der Waals surface area contributed by atoms with Gasteiger partial charge in [0.15, 0.2) is 0 Å². The number of alkyl halides is 3. The van der Waals surface area contributed by atoms with E-state index in [-0.39, 0.29) is 0 Å². The van der Waals surface area contributed by atoms with Crippen molar-refractivity contribution in [3.05, 3.63) is 35.9 Å². The van der Waals surface area contributed by atoms with E-state index in [0.717, 1.165) is 4.90 Å². The first kappa shape index (κ1) is 11.6. The van der Waals surface area contributed by atoms with Crippen LogP contribution < -0.4 is 0 Å². The molecule has 0 aromatic carbocycles. The van der Waals surface area contributed by atoms with Gasteiger partial charge in [-0.2, -0.15) is 13.2 Å². The molecule has 0 bridgehead atoms. The van der Waals surface area contributed by atoms with Crippen LogP contribution in [0.2, 0.25) is 0 Å². The summed E-state index contributed by atoms with van der Waals surface area (Å²) >= 11 is 0. The van der Waals surface area contributed by atoms with E-state index in [1.54, 1.807) is 19.9 Å². The van der Waals surface area contributed by atoms with Crippen molar-refractivity contribution in [2.75, 3.05) is 0 Å². The maximum absolute atomic E-state index is 12.4. The minimum atomic E-state index is -4.43. The van der Waals surface area contributed by atoms with Gasteiger partial charge in [0.2, 0.25) is 0 Å². The summed E-state index contributed by atoms with van der Waals surface area (Å²) in [6.45, 7) is 6.31. The third-order valence-electron chi connectivity index (χ3n) is 1.91. The van der Waals surface area contributed by atoms with Gasteiger partial charge in [-0.1, -0.05) is 12.7 Å². The lowest BCUT2D eigenvalue weighted by atomic mass is 10.3. The van der Waals surface area contributed by atoms with E-state index in [1.165, 1.54) is 12.4 Å². The van der Waals surface area contributed by atoms with Crippen molar-refractivity contribution >= 4 is 6.21 Å². The Bertz CT molecular complexity index is 361. The zero-order valence-electron chi connectivity index (χ0n) is 8.47. The lowest BCUT2D eigenvalue weighted by Gasteiger charge is -2.27. The molecule has 0 spiro atoms. The molecule has 1 aliphatic rings. The third kappa shape index (κ3) is 2.49. The molecule has 15 heavy (non-hydrogen) atoms. The molecule has 0 atom stereocenters. The van der Waals surface area contributed by atoms with Gasteiger partial charge in [0, 0.05) is 6.20 Å². The monoisotopic (exact) mass is 216 g/mol. The highest BCUT2D eigenvalue weighted by molar-refractivity contribution is 5.80. The number of allylic oxidation sites excluding steroid dienone is 4. The molecule has 0 saturated carbocycles. The molecule has 0 N–H and O–H groups in total. The SMILES string of the molecule is C=C(N1C=C(C)N=C/C1=C/C)C(F)(F)F. The lowest BCUT2D eigenvalue weighted by molar-refractivity contribution is -0.104. The molecule has 82 valence electrons. The lowest BCUT2D eigenvalue weighted by Crippen LogP contribution is -2.28. The molecule has 0 saturated heterocycles. The summed E-state index contributed by atoms with van der Waals surface area (Å²) in [7, 11) is 0. The highest BCUT2D eigenvalue weighted by Gasteiger charge is 2.36.